The summed E-state index contributed by atoms with van der Waals surface area (Å²) >= 11 is 0. The summed E-state index contributed by atoms with van der Waals surface area (Å²) in [5.74, 6) is 2.13. The van der Waals surface area contributed by atoms with Gasteiger partial charge >= 0.3 is 0 Å². The highest BCUT2D eigenvalue weighted by Gasteiger charge is 2.70. The first-order valence-corrected chi connectivity index (χ1v) is 17.7. The first-order chi connectivity index (χ1) is 19.7. The quantitative estimate of drug-likeness (QED) is 0.365. The highest BCUT2D eigenvalue weighted by molar-refractivity contribution is 6.02. The molecule has 42 heavy (non-hydrogen) atoms. The lowest BCUT2D eigenvalue weighted by atomic mass is 9.33. The van der Waals surface area contributed by atoms with Crippen LogP contribution in [0, 0.1) is 45.3 Å². The van der Waals surface area contributed by atoms with Gasteiger partial charge in [0, 0.05) is 19.4 Å². The minimum Gasteiger partial charge on any atom is -0.393 e. The molecule has 5 heteroatoms. The summed E-state index contributed by atoms with van der Waals surface area (Å²) in [6.45, 7) is 19.8. The molecular weight excluding hydrogens is 520 g/mol. The van der Waals surface area contributed by atoms with Crippen LogP contribution in [0.4, 0.5) is 0 Å². The molecule has 1 amide bonds. The summed E-state index contributed by atoms with van der Waals surface area (Å²) in [6.07, 6.45) is 13.3. The van der Waals surface area contributed by atoms with Crippen molar-refractivity contribution in [3.8, 4) is 0 Å². The number of amides is 1. The molecular formula is C37H60N2O3. The van der Waals surface area contributed by atoms with Crippen LogP contribution in [-0.2, 0) is 9.59 Å². The molecule has 1 heterocycles. The molecule has 0 aromatic rings. The third kappa shape index (κ3) is 4.36. The average Bonchev–Trinajstić information content (AvgIpc) is 3.22. The molecule has 6 aliphatic rings. The van der Waals surface area contributed by atoms with Crippen LogP contribution in [0.25, 0.3) is 0 Å². The number of carbonyl (C=O) groups excluding carboxylic acids is 2. The molecule has 0 spiro atoms. The minimum atomic E-state index is -0.485. The number of likely N-dealkylation sites (tertiary alicyclic amines) is 1. The van der Waals surface area contributed by atoms with E-state index < -0.39 is 5.54 Å². The maximum Gasteiger partial charge on any atom is 0.221 e. The van der Waals surface area contributed by atoms with E-state index in [1.165, 1.54) is 44.1 Å². The summed E-state index contributed by atoms with van der Waals surface area (Å²) in [6, 6.07) is 0. The van der Waals surface area contributed by atoms with E-state index in [1.54, 1.807) is 0 Å². The van der Waals surface area contributed by atoms with Crippen LogP contribution >= 0.6 is 0 Å². The molecule has 236 valence electrons. The van der Waals surface area contributed by atoms with Crippen LogP contribution in [-0.4, -0.2) is 53.0 Å². The number of aliphatic hydroxyl groups is 1. The number of hydrogen-bond donors (Lipinski definition) is 2. The second-order valence-electron chi connectivity index (χ2n) is 17.4. The second-order valence-corrected chi connectivity index (χ2v) is 17.4. The van der Waals surface area contributed by atoms with Gasteiger partial charge in [-0.1, -0.05) is 54.9 Å². The number of ketones is 1. The van der Waals surface area contributed by atoms with Gasteiger partial charge < -0.3 is 15.3 Å². The number of allylic oxidation sites excluding steroid dienone is 1. The van der Waals surface area contributed by atoms with Gasteiger partial charge in [-0.15, -0.1) is 0 Å². The van der Waals surface area contributed by atoms with Gasteiger partial charge in [0.2, 0.25) is 5.91 Å². The van der Waals surface area contributed by atoms with Gasteiger partial charge in [0.25, 0.3) is 0 Å². The monoisotopic (exact) mass is 580 g/mol. The fourth-order valence-corrected chi connectivity index (χ4v) is 12.5. The van der Waals surface area contributed by atoms with Crippen molar-refractivity contribution in [1.82, 2.24) is 10.2 Å². The Hall–Kier alpha value is -1.20. The Morgan fingerprint density at radius 2 is 1.62 bits per heavy atom. The normalized spacial score (nSPS) is 45.2. The maximum absolute atomic E-state index is 13.8. The zero-order valence-corrected chi connectivity index (χ0v) is 27.9. The number of Topliss-reactive ketones (excluding diaryl/α,β-unsaturated/α-hetero) is 1. The van der Waals surface area contributed by atoms with Crippen molar-refractivity contribution >= 4 is 11.7 Å². The Labute approximate surface area is 256 Å². The van der Waals surface area contributed by atoms with Crippen LogP contribution in [0.3, 0.4) is 0 Å². The molecule has 4 saturated carbocycles. The topological polar surface area (TPSA) is 69.6 Å². The molecule has 8 atom stereocenters. The van der Waals surface area contributed by atoms with E-state index in [2.05, 4.69) is 58.7 Å². The number of aliphatic hydroxyl groups excluding tert-OH is 1. The minimum absolute atomic E-state index is 0.0442. The Morgan fingerprint density at radius 1 is 0.905 bits per heavy atom. The summed E-state index contributed by atoms with van der Waals surface area (Å²) in [5, 5.41) is 14.6. The highest BCUT2D eigenvalue weighted by Crippen LogP contribution is 2.75. The van der Waals surface area contributed by atoms with E-state index in [0.29, 0.717) is 30.6 Å². The second kappa shape index (κ2) is 10.4. The SMILES string of the molecule is CC(C)C1=C2[C@H]3CC[C@@H]4[C@@]5(C)CC[C@H](O)C(C)(C)[C@@H]5CC[C@@]4(C)[C@]3(C)CC[C@@]2(NC(=O)CCN2CCCCC2)CC1=O. The predicted molar refractivity (Wildman–Crippen MR) is 169 cm³/mol. The molecule has 2 N–H and O–H groups in total. The van der Waals surface area contributed by atoms with E-state index in [1.807, 2.05) is 0 Å². The largest absolute Gasteiger partial charge is 0.393 e. The van der Waals surface area contributed by atoms with Gasteiger partial charge in [-0.05, 0) is 134 Å². The molecule has 6 rings (SSSR count). The van der Waals surface area contributed by atoms with Gasteiger partial charge in [-0.25, -0.2) is 0 Å². The Morgan fingerprint density at radius 3 is 2.31 bits per heavy atom. The summed E-state index contributed by atoms with van der Waals surface area (Å²) in [5.41, 5.74) is 2.39. The zero-order valence-electron chi connectivity index (χ0n) is 27.9. The molecule has 5 aliphatic carbocycles. The summed E-state index contributed by atoms with van der Waals surface area (Å²) in [4.78, 5) is 29.9. The predicted octanol–water partition coefficient (Wildman–Crippen LogP) is 7.07. The van der Waals surface area contributed by atoms with Gasteiger partial charge in [-0.2, -0.15) is 0 Å². The molecule has 0 radical (unpaired) electrons. The first kappa shape index (κ1) is 30.8. The van der Waals surface area contributed by atoms with Crippen molar-refractivity contribution in [3.05, 3.63) is 11.1 Å². The van der Waals surface area contributed by atoms with Crippen LogP contribution in [0.1, 0.15) is 132 Å². The maximum atomic E-state index is 13.8. The third-order valence-corrected chi connectivity index (χ3v) is 14.9. The van der Waals surface area contributed by atoms with Crippen molar-refractivity contribution in [3.63, 3.8) is 0 Å². The first-order valence-electron chi connectivity index (χ1n) is 17.7. The Kier molecular flexibility index (Phi) is 7.65. The van der Waals surface area contributed by atoms with Gasteiger partial charge in [0.05, 0.1) is 11.6 Å². The lowest BCUT2D eigenvalue weighted by Gasteiger charge is -2.72. The smallest absolute Gasteiger partial charge is 0.221 e. The molecule has 0 bridgehead atoms. The molecule has 1 saturated heterocycles. The number of piperidine rings is 1. The number of nitrogens with one attached hydrogen (secondary N) is 1. The lowest BCUT2D eigenvalue weighted by molar-refractivity contribution is -0.227. The molecule has 0 aromatic carbocycles. The Bertz CT molecular complexity index is 1140. The lowest BCUT2D eigenvalue weighted by Crippen LogP contribution is -2.67. The van der Waals surface area contributed by atoms with E-state index in [0.717, 1.165) is 57.3 Å². The molecule has 0 aromatic heterocycles. The molecule has 5 nitrogen and oxygen atoms in total. The van der Waals surface area contributed by atoms with Crippen molar-refractivity contribution in [2.24, 2.45) is 45.3 Å². The fourth-order valence-electron chi connectivity index (χ4n) is 12.5. The van der Waals surface area contributed by atoms with Crippen molar-refractivity contribution in [1.29, 1.82) is 0 Å². The highest BCUT2D eigenvalue weighted by atomic mass is 16.3. The van der Waals surface area contributed by atoms with Gasteiger partial charge in [-0.3, -0.25) is 9.59 Å². The number of carbonyl (C=O) groups is 2. The molecule has 1 aliphatic heterocycles. The van der Waals surface area contributed by atoms with Gasteiger partial charge in [0.15, 0.2) is 5.78 Å². The average molecular weight is 581 g/mol. The van der Waals surface area contributed by atoms with Crippen LogP contribution in [0.15, 0.2) is 11.1 Å². The van der Waals surface area contributed by atoms with E-state index >= 15 is 0 Å². The van der Waals surface area contributed by atoms with Crippen molar-refractivity contribution in [2.45, 2.75) is 144 Å². The molecule has 0 unspecified atom stereocenters. The van der Waals surface area contributed by atoms with E-state index in [-0.39, 0.29) is 45.4 Å². The number of fused-ring (bicyclic) bond motifs is 7. The molecule has 5 fully saturated rings. The van der Waals surface area contributed by atoms with Crippen LogP contribution < -0.4 is 5.32 Å². The van der Waals surface area contributed by atoms with Crippen molar-refractivity contribution < 1.29 is 14.7 Å². The zero-order chi connectivity index (χ0) is 30.3. The Balaban J connectivity index is 1.32. The number of hydrogen-bond acceptors (Lipinski definition) is 4. The number of rotatable bonds is 5. The summed E-state index contributed by atoms with van der Waals surface area (Å²) < 4.78 is 0. The van der Waals surface area contributed by atoms with Crippen LogP contribution in [0.2, 0.25) is 0 Å². The summed E-state index contributed by atoms with van der Waals surface area (Å²) in [7, 11) is 0. The fraction of sp³-hybridized carbons (Fsp3) is 0.892. The van der Waals surface area contributed by atoms with Crippen molar-refractivity contribution in [2.75, 3.05) is 19.6 Å². The van der Waals surface area contributed by atoms with E-state index in [9.17, 15) is 14.7 Å². The van der Waals surface area contributed by atoms with E-state index in [4.69, 9.17) is 0 Å². The third-order valence-electron chi connectivity index (χ3n) is 14.9. The van der Waals surface area contributed by atoms with Crippen LogP contribution in [0.5, 0.6) is 0 Å². The standard InChI is InChI=1S/C37H60N2O3/c1-24(2)31-26(40)23-37(38-30(42)15-22-39-20-9-8-10-21-39)19-18-35(6)25(32(31)37)11-12-28-34(5)16-14-29(41)33(3,4)27(34)13-17-36(28,35)7/h24-25,27-29,41H,8-23H2,1-7H3,(H,38,42)/t25-,27+,28-,29+,34+,35-,36-,37-/m1/s1. The van der Waals surface area contributed by atoms with Gasteiger partial charge in [0.1, 0.15) is 0 Å². The number of nitrogens with zero attached hydrogens (tertiary/aromatic N) is 1.